The minimum Gasteiger partial charge on any atom is -0.481 e. The van der Waals surface area contributed by atoms with Gasteiger partial charge < -0.3 is 5.11 Å². The van der Waals surface area contributed by atoms with Gasteiger partial charge >= 0.3 is 5.97 Å². The van der Waals surface area contributed by atoms with Crippen molar-refractivity contribution in [3.8, 4) is 5.69 Å². The molecule has 0 radical (unpaired) electrons. The average molecular weight is 311 g/mol. The van der Waals surface area contributed by atoms with Crippen molar-refractivity contribution >= 4 is 21.7 Å². The molecule has 1 heterocycles. The third-order valence-electron chi connectivity index (χ3n) is 2.54. The summed E-state index contributed by atoms with van der Waals surface area (Å²) in [5, 5.41) is 19.2. The Morgan fingerprint density at radius 1 is 1.38 bits per heavy atom. The number of carboxylic acid groups (broad SMARTS) is 1. The topological polar surface area (TPSA) is 127 Å². The van der Waals surface area contributed by atoms with E-state index >= 15 is 0 Å². The zero-order valence-electron chi connectivity index (χ0n) is 10.9. The smallest absolute Gasteiger partial charge is 0.303 e. The van der Waals surface area contributed by atoms with Crippen LogP contribution in [0.4, 0.5) is 5.69 Å². The molecule has 2 aromatic rings. The van der Waals surface area contributed by atoms with Crippen LogP contribution in [-0.2, 0) is 14.8 Å². The van der Waals surface area contributed by atoms with E-state index in [9.17, 15) is 13.2 Å². The van der Waals surface area contributed by atoms with Crippen LogP contribution in [0.15, 0.2) is 30.6 Å². The number of aliphatic carboxylic acids is 1. The number of tetrazole rings is 1. The first-order valence-corrected chi connectivity index (χ1v) is 7.67. The molecule has 1 aromatic carbocycles. The minimum atomic E-state index is -3.59. The number of sulfonamides is 1. The zero-order valence-corrected chi connectivity index (χ0v) is 11.7. The lowest BCUT2D eigenvalue weighted by Gasteiger charge is -2.08. The summed E-state index contributed by atoms with van der Waals surface area (Å²) >= 11 is 0. The monoisotopic (exact) mass is 311 g/mol. The molecular formula is C11H13N5O4S. The second-order valence-corrected chi connectivity index (χ2v) is 6.06. The maximum Gasteiger partial charge on any atom is 0.303 e. The summed E-state index contributed by atoms with van der Waals surface area (Å²) in [6, 6.07) is 6.54. The Labute approximate surface area is 120 Å². The van der Waals surface area contributed by atoms with Crippen LogP contribution in [-0.4, -0.2) is 45.5 Å². The van der Waals surface area contributed by atoms with Crippen LogP contribution in [0.5, 0.6) is 0 Å². The Kier molecular flexibility index (Phi) is 4.48. The fourth-order valence-electron chi connectivity index (χ4n) is 1.64. The van der Waals surface area contributed by atoms with Crippen LogP contribution in [0.25, 0.3) is 5.69 Å². The Balaban J connectivity index is 2.05. The molecule has 9 nitrogen and oxygen atoms in total. The zero-order chi connectivity index (χ0) is 15.3. The second kappa shape index (κ2) is 6.31. The molecule has 0 saturated heterocycles. The summed E-state index contributed by atoms with van der Waals surface area (Å²) in [5.74, 6) is -1.28. The van der Waals surface area contributed by atoms with Gasteiger partial charge in [-0.2, -0.15) is 0 Å². The Bertz CT molecular complexity index is 714. The number of nitrogens with one attached hydrogen (secondary N) is 1. The van der Waals surface area contributed by atoms with E-state index in [0.29, 0.717) is 11.4 Å². The molecule has 0 saturated carbocycles. The Hall–Kier alpha value is -2.49. The number of carbonyl (C=O) groups is 1. The van der Waals surface area contributed by atoms with Gasteiger partial charge in [-0.05, 0) is 35.0 Å². The van der Waals surface area contributed by atoms with E-state index in [4.69, 9.17) is 5.11 Å². The lowest BCUT2D eigenvalue weighted by atomic mass is 10.3. The van der Waals surface area contributed by atoms with Crippen molar-refractivity contribution in [1.82, 2.24) is 20.2 Å². The molecule has 0 amide bonds. The van der Waals surface area contributed by atoms with Gasteiger partial charge in [-0.25, -0.2) is 13.1 Å². The van der Waals surface area contributed by atoms with Crippen molar-refractivity contribution in [2.24, 2.45) is 0 Å². The first-order chi connectivity index (χ1) is 9.96. The fourth-order valence-corrected chi connectivity index (χ4v) is 2.75. The first-order valence-electron chi connectivity index (χ1n) is 6.02. The third-order valence-corrected chi connectivity index (χ3v) is 3.91. The van der Waals surface area contributed by atoms with Gasteiger partial charge in [0.15, 0.2) is 0 Å². The molecule has 2 rings (SSSR count). The van der Waals surface area contributed by atoms with Gasteiger partial charge in [-0.15, -0.1) is 5.10 Å². The van der Waals surface area contributed by atoms with Gasteiger partial charge in [0.2, 0.25) is 10.0 Å². The lowest BCUT2D eigenvalue weighted by molar-refractivity contribution is -0.137. The van der Waals surface area contributed by atoms with Gasteiger partial charge in [0.05, 0.1) is 17.1 Å². The summed E-state index contributed by atoms with van der Waals surface area (Å²) in [6.07, 6.45) is 1.25. The van der Waals surface area contributed by atoms with Gasteiger partial charge in [0, 0.05) is 6.42 Å². The first kappa shape index (κ1) is 14.9. The van der Waals surface area contributed by atoms with Crippen LogP contribution in [0.3, 0.4) is 0 Å². The van der Waals surface area contributed by atoms with Gasteiger partial charge in [-0.3, -0.25) is 9.52 Å². The molecule has 0 atom stereocenters. The maximum atomic E-state index is 11.8. The molecule has 0 bridgehead atoms. The molecule has 21 heavy (non-hydrogen) atoms. The molecule has 112 valence electrons. The highest BCUT2D eigenvalue weighted by Gasteiger charge is 2.12. The van der Waals surface area contributed by atoms with E-state index in [2.05, 4.69) is 20.2 Å². The number of anilines is 1. The van der Waals surface area contributed by atoms with Crippen LogP contribution < -0.4 is 4.72 Å². The summed E-state index contributed by atoms with van der Waals surface area (Å²) in [7, 11) is -3.59. The van der Waals surface area contributed by atoms with E-state index in [0.717, 1.165) is 0 Å². The van der Waals surface area contributed by atoms with E-state index < -0.39 is 16.0 Å². The van der Waals surface area contributed by atoms with Crippen LogP contribution in [0, 0.1) is 0 Å². The highest BCUT2D eigenvalue weighted by Crippen LogP contribution is 2.15. The number of hydrogen-bond acceptors (Lipinski definition) is 6. The molecule has 2 N–H and O–H groups in total. The molecule has 0 aliphatic rings. The number of hydrogen-bond donors (Lipinski definition) is 2. The normalized spacial score (nSPS) is 11.2. The number of rotatable bonds is 7. The van der Waals surface area contributed by atoms with E-state index in [-0.39, 0.29) is 18.6 Å². The van der Waals surface area contributed by atoms with Gasteiger partial charge in [0.25, 0.3) is 0 Å². The van der Waals surface area contributed by atoms with Crippen molar-refractivity contribution in [3.05, 3.63) is 30.6 Å². The van der Waals surface area contributed by atoms with Crippen molar-refractivity contribution in [2.45, 2.75) is 12.8 Å². The summed E-state index contributed by atoms with van der Waals surface area (Å²) < 4.78 is 27.4. The van der Waals surface area contributed by atoms with E-state index in [1.165, 1.54) is 11.0 Å². The summed E-state index contributed by atoms with van der Waals surface area (Å²) in [5.41, 5.74) is 0.962. The highest BCUT2D eigenvalue weighted by atomic mass is 32.2. The number of nitrogens with zero attached hydrogens (tertiary/aromatic N) is 4. The molecule has 0 unspecified atom stereocenters. The standard InChI is InChI=1S/C11H13N5O4S/c17-11(18)5-2-6-21(19,20)13-9-3-1-4-10(7-9)16-8-12-14-15-16/h1,3-4,7-8,13H,2,5-6H2,(H,17,18). The van der Waals surface area contributed by atoms with E-state index in [1.807, 2.05) is 0 Å². The molecular weight excluding hydrogens is 298 g/mol. The highest BCUT2D eigenvalue weighted by molar-refractivity contribution is 7.92. The Morgan fingerprint density at radius 3 is 2.86 bits per heavy atom. The van der Waals surface area contributed by atoms with Crippen molar-refractivity contribution in [2.75, 3.05) is 10.5 Å². The maximum absolute atomic E-state index is 11.8. The summed E-state index contributed by atoms with van der Waals surface area (Å²) in [4.78, 5) is 10.4. The Morgan fingerprint density at radius 2 is 2.19 bits per heavy atom. The third kappa shape index (κ3) is 4.53. The predicted molar refractivity (Wildman–Crippen MR) is 73.4 cm³/mol. The molecule has 1 aromatic heterocycles. The fraction of sp³-hybridized carbons (Fsp3) is 0.273. The lowest BCUT2D eigenvalue weighted by Crippen LogP contribution is -2.17. The van der Waals surface area contributed by atoms with Crippen molar-refractivity contribution in [3.63, 3.8) is 0 Å². The second-order valence-electron chi connectivity index (χ2n) is 4.22. The SMILES string of the molecule is O=C(O)CCCS(=O)(=O)Nc1cccc(-n2cnnn2)c1. The van der Waals surface area contributed by atoms with Crippen molar-refractivity contribution < 1.29 is 18.3 Å². The molecule has 10 heteroatoms. The minimum absolute atomic E-state index is 0.0529. The molecule has 0 fully saturated rings. The van der Waals surface area contributed by atoms with Gasteiger partial charge in [-0.1, -0.05) is 6.07 Å². The van der Waals surface area contributed by atoms with Crippen LogP contribution in [0.2, 0.25) is 0 Å². The van der Waals surface area contributed by atoms with E-state index in [1.54, 1.807) is 24.3 Å². The quantitative estimate of drug-likeness (QED) is 0.751. The largest absolute Gasteiger partial charge is 0.481 e. The average Bonchev–Trinajstić information content (AvgIpc) is 2.91. The summed E-state index contributed by atoms with van der Waals surface area (Å²) in [6.45, 7) is 0. The van der Waals surface area contributed by atoms with Gasteiger partial charge in [0.1, 0.15) is 6.33 Å². The number of carboxylic acids is 1. The molecule has 0 aliphatic heterocycles. The predicted octanol–water partition coefficient (Wildman–Crippen LogP) is 0.269. The van der Waals surface area contributed by atoms with Crippen LogP contribution >= 0.6 is 0 Å². The van der Waals surface area contributed by atoms with Crippen molar-refractivity contribution in [1.29, 1.82) is 0 Å². The van der Waals surface area contributed by atoms with Crippen LogP contribution in [0.1, 0.15) is 12.8 Å². The number of benzene rings is 1. The molecule has 0 aliphatic carbocycles. The molecule has 0 spiro atoms. The number of aromatic nitrogens is 4.